The van der Waals surface area contributed by atoms with Gasteiger partial charge in [-0.25, -0.2) is 4.98 Å². The first-order valence-corrected chi connectivity index (χ1v) is 13.3. The molecule has 0 saturated carbocycles. The van der Waals surface area contributed by atoms with Crippen molar-refractivity contribution in [2.75, 3.05) is 36.8 Å². The number of carbonyl (C=O) groups excluding carboxylic acids is 1. The maximum atomic E-state index is 13.3. The molecule has 0 unspecified atom stereocenters. The molecule has 1 aromatic heterocycles. The number of amides is 1. The standard InChI is InChI=1S/C26H35N3OS2/c1-6-28(7-2)16-17-29(26-27-25-21(5)20(4)12-15-23(25)32-26)24(30)9-8-18-31-22-13-10-19(3)11-14-22/h10-15H,6-9,16-18H2,1-5H3. The minimum atomic E-state index is 0.176. The lowest BCUT2D eigenvalue weighted by molar-refractivity contribution is -0.118. The van der Waals surface area contributed by atoms with Gasteiger partial charge in [-0.15, -0.1) is 11.8 Å². The van der Waals surface area contributed by atoms with Crippen LogP contribution >= 0.6 is 23.1 Å². The zero-order valence-corrected chi connectivity index (χ0v) is 21.6. The molecule has 0 N–H and O–H groups in total. The van der Waals surface area contributed by atoms with E-state index in [1.807, 2.05) is 16.7 Å². The second-order valence-corrected chi connectivity index (χ2v) is 10.4. The molecule has 0 atom stereocenters. The molecule has 0 saturated heterocycles. The third-order valence-corrected chi connectivity index (χ3v) is 8.11. The van der Waals surface area contributed by atoms with E-state index in [4.69, 9.17) is 4.98 Å². The molecule has 172 valence electrons. The van der Waals surface area contributed by atoms with Gasteiger partial charge >= 0.3 is 0 Å². The van der Waals surface area contributed by atoms with Crippen molar-refractivity contribution in [2.45, 2.75) is 52.4 Å². The Balaban J connectivity index is 1.69. The Morgan fingerprint density at radius 2 is 1.72 bits per heavy atom. The number of nitrogens with zero attached hydrogens (tertiary/aromatic N) is 3. The molecule has 6 heteroatoms. The van der Waals surface area contributed by atoms with Crippen molar-refractivity contribution in [3.05, 3.63) is 53.1 Å². The first kappa shape index (κ1) is 24.7. The van der Waals surface area contributed by atoms with E-state index in [0.29, 0.717) is 13.0 Å². The Hall–Kier alpha value is -1.89. The Bertz CT molecular complexity index is 1030. The summed E-state index contributed by atoms with van der Waals surface area (Å²) < 4.78 is 1.15. The highest BCUT2D eigenvalue weighted by Gasteiger charge is 2.21. The highest BCUT2D eigenvalue weighted by atomic mass is 32.2. The normalized spacial score (nSPS) is 11.4. The van der Waals surface area contributed by atoms with Gasteiger partial charge in [0.1, 0.15) is 0 Å². The van der Waals surface area contributed by atoms with Crippen molar-refractivity contribution >= 4 is 44.4 Å². The molecule has 3 aromatic rings. The molecule has 3 rings (SSSR count). The summed E-state index contributed by atoms with van der Waals surface area (Å²) in [6.07, 6.45) is 1.41. The SMILES string of the molecule is CCN(CC)CCN(C(=O)CCCSc1ccc(C)cc1)c1nc2c(C)c(C)ccc2s1. The summed E-state index contributed by atoms with van der Waals surface area (Å²) in [6.45, 7) is 14.2. The lowest BCUT2D eigenvalue weighted by Crippen LogP contribution is -2.38. The van der Waals surface area contributed by atoms with E-state index in [1.54, 1.807) is 11.3 Å². The molecule has 0 aliphatic carbocycles. The van der Waals surface area contributed by atoms with Gasteiger partial charge in [-0.2, -0.15) is 0 Å². The smallest absolute Gasteiger partial charge is 0.228 e. The van der Waals surface area contributed by atoms with Crippen molar-refractivity contribution < 1.29 is 4.79 Å². The lowest BCUT2D eigenvalue weighted by Gasteiger charge is -2.24. The maximum absolute atomic E-state index is 13.3. The average molecular weight is 470 g/mol. The van der Waals surface area contributed by atoms with Crippen LogP contribution in [0.2, 0.25) is 0 Å². The molecule has 0 aliphatic rings. The minimum absolute atomic E-state index is 0.176. The van der Waals surface area contributed by atoms with E-state index in [-0.39, 0.29) is 5.91 Å². The fourth-order valence-electron chi connectivity index (χ4n) is 3.62. The van der Waals surface area contributed by atoms with Gasteiger partial charge in [0.15, 0.2) is 5.13 Å². The lowest BCUT2D eigenvalue weighted by atomic mass is 10.1. The van der Waals surface area contributed by atoms with Crippen LogP contribution in [0.4, 0.5) is 5.13 Å². The van der Waals surface area contributed by atoms with Crippen LogP contribution in [0, 0.1) is 20.8 Å². The zero-order chi connectivity index (χ0) is 23.1. The van der Waals surface area contributed by atoms with Gasteiger partial charge in [-0.3, -0.25) is 9.69 Å². The van der Waals surface area contributed by atoms with Crippen molar-refractivity contribution in [2.24, 2.45) is 0 Å². The Morgan fingerprint density at radius 1 is 1.00 bits per heavy atom. The first-order valence-electron chi connectivity index (χ1n) is 11.5. The molecule has 32 heavy (non-hydrogen) atoms. The van der Waals surface area contributed by atoms with Gasteiger partial charge in [0.25, 0.3) is 0 Å². The number of hydrogen-bond donors (Lipinski definition) is 0. The van der Waals surface area contributed by atoms with E-state index in [1.165, 1.54) is 21.6 Å². The fraction of sp³-hybridized carbons (Fsp3) is 0.462. The first-order chi connectivity index (χ1) is 15.4. The monoisotopic (exact) mass is 469 g/mol. The number of hydrogen-bond acceptors (Lipinski definition) is 5. The number of fused-ring (bicyclic) bond motifs is 1. The Kier molecular flexibility index (Phi) is 9.14. The van der Waals surface area contributed by atoms with Crippen LogP contribution < -0.4 is 4.90 Å². The van der Waals surface area contributed by atoms with Crippen molar-refractivity contribution in [3.8, 4) is 0 Å². The van der Waals surface area contributed by atoms with Crippen LogP contribution in [0.3, 0.4) is 0 Å². The molecule has 1 amide bonds. The number of anilines is 1. The number of benzene rings is 2. The number of likely N-dealkylation sites (N-methyl/N-ethyl adjacent to an activating group) is 1. The van der Waals surface area contributed by atoms with Gasteiger partial charge < -0.3 is 4.90 Å². The zero-order valence-electron chi connectivity index (χ0n) is 20.0. The molecular formula is C26H35N3OS2. The summed E-state index contributed by atoms with van der Waals surface area (Å²) in [7, 11) is 0. The number of carbonyl (C=O) groups is 1. The summed E-state index contributed by atoms with van der Waals surface area (Å²) in [5.74, 6) is 1.12. The molecule has 2 aromatic carbocycles. The molecule has 0 bridgehead atoms. The molecule has 0 aliphatic heterocycles. The van der Waals surface area contributed by atoms with Crippen LogP contribution in [-0.2, 0) is 4.79 Å². The highest BCUT2D eigenvalue weighted by molar-refractivity contribution is 7.99. The topological polar surface area (TPSA) is 36.4 Å². The van der Waals surface area contributed by atoms with Crippen LogP contribution in [-0.4, -0.2) is 47.7 Å². The third-order valence-electron chi connectivity index (χ3n) is 5.96. The van der Waals surface area contributed by atoms with Gasteiger partial charge in [0, 0.05) is 24.4 Å². The van der Waals surface area contributed by atoms with Crippen LogP contribution in [0.1, 0.15) is 43.4 Å². The van der Waals surface area contributed by atoms with Crippen LogP contribution in [0.5, 0.6) is 0 Å². The van der Waals surface area contributed by atoms with E-state index >= 15 is 0 Å². The fourth-order valence-corrected chi connectivity index (χ4v) is 5.54. The van der Waals surface area contributed by atoms with Crippen molar-refractivity contribution in [1.29, 1.82) is 0 Å². The van der Waals surface area contributed by atoms with E-state index in [9.17, 15) is 4.79 Å². The highest BCUT2D eigenvalue weighted by Crippen LogP contribution is 2.32. The largest absolute Gasteiger partial charge is 0.302 e. The van der Waals surface area contributed by atoms with E-state index in [0.717, 1.165) is 47.2 Å². The van der Waals surface area contributed by atoms with E-state index in [2.05, 4.69) is 75.9 Å². The second kappa shape index (κ2) is 11.8. The Morgan fingerprint density at radius 3 is 2.41 bits per heavy atom. The summed E-state index contributed by atoms with van der Waals surface area (Å²) in [5, 5.41) is 0.831. The molecule has 1 heterocycles. The number of aryl methyl sites for hydroxylation is 3. The van der Waals surface area contributed by atoms with Crippen LogP contribution in [0.25, 0.3) is 10.2 Å². The Labute approximate surface area is 201 Å². The predicted octanol–water partition coefficient (Wildman–Crippen LogP) is 6.47. The van der Waals surface area contributed by atoms with Gasteiger partial charge in [0.05, 0.1) is 10.2 Å². The number of rotatable bonds is 11. The average Bonchev–Trinajstić information content (AvgIpc) is 3.22. The third kappa shape index (κ3) is 6.33. The summed E-state index contributed by atoms with van der Waals surface area (Å²) in [5.41, 5.74) is 4.74. The second-order valence-electron chi connectivity index (χ2n) is 8.19. The van der Waals surface area contributed by atoms with Gasteiger partial charge in [-0.1, -0.05) is 48.9 Å². The molecule has 4 nitrogen and oxygen atoms in total. The number of thioether (sulfide) groups is 1. The summed E-state index contributed by atoms with van der Waals surface area (Å²) in [6, 6.07) is 12.9. The van der Waals surface area contributed by atoms with Crippen molar-refractivity contribution in [3.63, 3.8) is 0 Å². The van der Waals surface area contributed by atoms with Crippen LogP contribution in [0.15, 0.2) is 41.3 Å². The molecule has 0 radical (unpaired) electrons. The van der Waals surface area contributed by atoms with E-state index < -0.39 is 0 Å². The maximum Gasteiger partial charge on any atom is 0.228 e. The van der Waals surface area contributed by atoms with Crippen molar-refractivity contribution in [1.82, 2.24) is 9.88 Å². The molecule has 0 fully saturated rings. The predicted molar refractivity (Wildman–Crippen MR) is 140 cm³/mol. The minimum Gasteiger partial charge on any atom is -0.302 e. The number of aromatic nitrogens is 1. The molecular weight excluding hydrogens is 434 g/mol. The molecule has 0 spiro atoms. The number of thiazole rings is 1. The van der Waals surface area contributed by atoms with Gasteiger partial charge in [0.2, 0.25) is 5.91 Å². The quantitative estimate of drug-likeness (QED) is 0.238. The van der Waals surface area contributed by atoms with Gasteiger partial charge in [-0.05, 0) is 75.4 Å². The summed E-state index contributed by atoms with van der Waals surface area (Å²) >= 11 is 3.45. The summed E-state index contributed by atoms with van der Waals surface area (Å²) in [4.78, 5) is 23.7.